The molecule has 21 heavy (non-hydrogen) atoms. The molecule has 2 aromatic rings. The molecule has 2 rings (SSSR count). The van der Waals surface area contributed by atoms with E-state index in [1.807, 2.05) is 26.0 Å². The van der Waals surface area contributed by atoms with Gasteiger partial charge in [0.05, 0.1) is 6.61 Å². The van der Waals surface area contributed by atoms with E-state index in [4.69, 9.17) is 4.74 Å². The first kappa shape index (κ1) is 15.3. The van der Waals surface area contributed by atoms with Crippen LogP contribution < -0.4 is 10.1 Å². The van der Waals surface area contributed by atoms with Crippen LogP contribution in [0.25, 0.3) is 0 Å². The molecule has 0 aromatic heterocycles. The van der Waals surface area contributed by atoms with Gasteiger partial charge in [-0.05, 0) is 49.2 Å². The number of ether oxygens (including phenoxy) is 1. The fourth-order valence-electron chi connectivity index (χ4n) is 2.08. The molecule has 0 aliphatic rings. The molecule has 2 N–H and O–H groups in total. The van der Waals surface area contributed by atoms with E-state index in [2.05, 4.69) is 5.32 Å². The minimum Gasteiger partial charge on any atom is -0.504 e. The summed E-state index contributed by atoms with van der Waals surface area (Å²) in [6, 6.07) is 11.9. The number of nitrogens with one attached hydrogen (secondary N) is 1. The van der Waals surface area contributed by atoms with Crippen molar-refractivity contribution < 1.29 is 14.2 Å². The number of halogens is 1. The molecule has 112 valence electrons. The minimum absolute atomic E-state index is 0.106. The molecule has 0 heterocycles. The number of benzene rings is 2. The average Bonchev–Trinajstić information content (AvgIpc) is 2.48. The number of hydrogen-bond acceptors (Lipinski definition) is 3. The predicted octanol–water partition coefficient (Wildman–Crippen LogP) is 3.78. The maximum Gasteiger partial charge on any atom is 0.161 e. The molecular weight excluding hydrogens is 269 g/mol. The lowest BCUT2D eigenvalue weighted by atomic mass is 10.1. The van der Waals surface area contributed by atoms with Crippen LogP contribution in [0, 0.1) is 5.82 Å². The lowest BCUT2D eigenvalue weighted by Gasteiger charge is -2.15. The van der Waals surface area contributed by atoms with Gasteiger partial charge in [0, 0.05) is 12.6 Å². The van der Waals surface area contributed by atoms with E-state index in [0.717, 1.165) is 11.1 Å². The zero-order valence-electron chi connectivity index (χ0n) is 12.3. The summed E-state index contributed by atoms with van der Waals surface area (Å²) >= 11 is 0. The zero-order valence-corrected chi connectivity index (χ0v) is 12.3. The van der Waals surface area contributed by atoms with Crippen molar-refractivity contribution in [2.75, 3.05) is 6.61 Å². The van der Waals surface area contributed by atoms with Gasteiger partial charge in [-0.15, -0.1) is 0 Å². The Morgan fingerprint density at radius 3 is 2.57 bits per heavy atom. The van der Waals surface area contributed by atoms with Gasteiger partial charge >= 0.3 is 0 Å². The number of phenols is 1. The van der Waals surface area contributed by atoms with Crippen LogP contribution in [-0.2, 0) is 6.54 Å². The van der Waals surface area contributed by atoms with Gasteiger partial charge in [0.25, 0.3) is 0 Å². The first-order valence-corrected chi connectivity index (χ1v) is 7.03. The van der Waals surface area contributed by atoms with Gasteiger partial charge in [-0.3, -0.25) is 0 Å². The average molecular weight is 289 g/mol. The highest BCUT2D eigenvalue weighted by Crippen LogP contribution is 2.27. The quantitative estimate of drug-likeness (QED) is 0.850. The summed E-state index contributed by atoms with van der Waals surface area (Å²) < 4.78 is 18.3. The zero-order chi connectivity index (χ0) is 15.2. The Labute approximate surface area is 124 Å². The third-order valence-corrected chi connectivity index (χ3v) is 3.31. The fraction of sp³-hybridized carbons (Fsp3) is 0.294. The minimum atomic E-state index is -0.231. The molecule has 0 spiro atoms. The van der Waals surface area contributed by atoms with Gasteiger partial charge in [0.2, 0.25) is 0 Å². The van der Waals surface area contributed by atoms with Crippen LogP contribution in [0.4, 0.5) is 4.39 Å². The highest BCUT2D eigenvalue weighted by atomic mass is 19.1. The van der Waals surface area contributed by atoms with Crippen LogP contribution in [0.5, 0.6) is 11.5 Å². The Morgan fingerprint density at radius 2 is 1.90 bits per heavy atom. The predicted molar refractivity (Wildman–Crippen MR) is 80.9 cm³/mol. The van der Waals surface area contributed by atoms with Crippen molar-refractivity contribution >= 4 is 0 Å². The Bertz CT molecular complexity index is 584. The SMILES string of the molecule is CCOc1cc(CN[C@H](C)c2ccc(F)cc2)ccc1O. The van der Waals surface area contributed by atoms with Crippen LogP contribution >= 0.6 is 0 Å². The standard InChI is InChI=1S/C17H20FNO2/c1-3-21-17-10-13(4-9-16(17)20)11-19-12(2)14-5-7-15(18)8-6-14/h4-10,12,19-20H,3,11H2,1-2H3/t12-/m1/s1. The molecule has 0 saturated carbocycles. The van der Waals surface area contributed by atoms with E-state index >= 15 is 0 Å². The summed E-state index contributed by atoms with van der Waals surface area (Å²) in [5.74, 6) is 0.407. The van der Waals surface area contributed by atoms with E-state index in [1.165, 1.54) is 12.1 Å². The normalized spacial score (nSPS) is 12.1. The van der Waals surface area contributed by atoms with Crippen molar-refractivity contribution in [1.82, 2.24) is 5.32 Å². The van der Waals surface area contributed by atoms with E-state index in [1.54, 1.807) is 18.2 Å². The maximum absolute atomic E-state index is 12.9. The molecule has 0 aliphatic heterocycles. The van der Waals surface area contributed by atoms with Gasteiger partial charge in [-0.1, -0.05) is 18.2 Å². The molecule has 0 unspecified atom stereocenters. The molecule has 0 fully saturated rings. The van der Waals surface area contributed by atoms with Gasteiger partial charge < -0.3 is 15.2 Å². The van der Waals surface area contributed by atoms with Gasteiger partial charge in [0.15, 0.2) is 11.5 Å². The van der Waals surface area contributed by atoms with Gasteiger partial charge in [-0.25, -0.2) is 4.39 Å². The number of hydrogen-bond donors (Lipinski definition) is 2. The van der Waals surface area contributed by atoms with Crippen molar-refractivity contribution in [3.8, 4) is 11.5 Å². The molecule has 2 aromatic carbocycles. The van der Waals surface area contributed by atoms with E-state index in [-0.39, 0.29) is 17.6 Å². The fourth-order valence-corrected chi connectivity index (χ4v) is 2.08. The number of phenolic OH excluding ortho intramolecular Hbond substituents is 1. The molecule has 0 aliphatic carbocycles. The summed E-state index contributed by atoms with van der Waals surface area (Å²) in [5.41, 5.74) is 2.05. The highest BCUT2D eigenvalue weighted by molar-refractivity contribution is 5.41. The number of rotatable bonds is 6. The summed E-state index contributed by atoms with van der Waals surface area (Å²) in [5, 5.41) is 13.0. The first-order valence-electron chi connectivity index (χ1n) is 7.03. The van der Waals surface area contributed by atoms with E-state index in [9.17, 15) is 9.50 Å². The molecule has 0 saturated heterocycles. The third-order valence-electron chi connectivity index (χ3n) is 3.31. The molecular formula is C17H20FNO2. The largest absolute Gasteiger partial charge is 0.504 e. The second kappa shape index (κ2) is 7.09. The van der Waals surface area contributed by atoms with Gasteiger partial charge in [0.1, 0.15) is 5.82 Å². The second-order valence-electron chi connectivity index (χ2n) is 4.89. The Morgan fingerprint density at radius 1 is 1.19 bits per heavy atom. The van der Waals surface area contributed by atoms with Crippen molar-refractivity contribution in [3.63, 3.8) is 0 Å². The Kier molecular flexibility index (Phi) is 5.17. The third kappa shape index (κ3) is 4.20. The van der Waals surface area contributed by atoms with Gasteiger partial charge in [-0.2, -0.15) is 0 Å². The first-order chi connectivity index (χ1) is 10.1. The van der Waals surface area contributed by atoms with Crippen LogP contribution in [0.3, 0.4) is 0 Å². The van der Waals surface area contributed by atoms with Crippen molar-refractivity contribution in [1.29, 1.82) is 0 Å². The second-order valence-corrected chi connectivity index (χ2v) is 4.89. The summed E-state index contributed by atoms with van der Waals surface area (Å²) in [4.78, 5) is 0. The molecule has 4 heteroatoms. The summed E-state index contributed by atoms with van der Waals surface area (Å²) in [6.07, 6.45) is 0. The van der Waals surface area contributed by atoms with E-state index < -0.39 is 0 Å². The van der Waals surface area contributed by atoms with Crippen LogP contribution in [0.1, 0.15) is 31.0 Å². The summed E-state index contributed by atoms with van der Waals surface area (Å²) in [6.45, 7) is 5.05. The van der Waals surface area contributed by atoms with E-state index in [0.29, 0.717) is 18.9 Å². The van der Waals surface area contributed by atoms with Crippen molar-refractivity contribution in [2.45, 2.75) is 26.4 Å². The molecule has 0 bridgehead atoms. The summed E-state index contributed by atoms with van der Waals surface area (Å²) in [7, 11) is 0. The maximum atomic E-state index is 12.9. The van der Waals surface area contributed by atoms with Crippen molar-refractivity contribution in [2.24, 2.45) is 0 Å². The Hall–Kier alpha value is -2.07. The lowest BCUT2D eigenvalue weighted by molar-refractivity contribution is 0.317. The Balaban J connectivity index is 1.99. The molecule has 0 amide bonds. The molecule has 1 atom stereocenters. The van der Waals surface area contributed by atoms with Crippen LogP contribution in [-0.4, -0.2) is 11.7 Å². The monoisotopic (exact) mass is 289 g/mol. The topological polar surface area (TPSA) is 41.5 Å². The molecule has 0 radical (unpaired) electrons. The van der Waals surface area contributed by atoms with Crippen molar-refractivity contribution in [3.05, 3.63) is 59.4 Å². The van der Waals surface area contributed by atoms with Crippen LogP contribution in [0.2, 0.25) is 0 Å². The highest BCUT2D eigenvalue weighted by Gasteiger charge is 2.07. The van der Waals surface area contributed by atoms with Crippen LogP contribution in [0.15, 0.2) is 42.5 Å². The number of aromatic hydroxyl groups is 1. The molecule has 3 nitrogen and oxygen atoms in total. The lowest BCUT2D eigenvalue weighted by Crippen LogP contribution is -2.18. The smallest absolute Gasteiger partial charge is 0.161 e.